The molecule has 0 aromatic heterocycles. The Morgan fingerprint density at radius 1 is 1.00 bits per heavy atom. The molecular weight excluding hydrogens is 412 g/mol. The lowest BCUT2D eigenvalue weighted by Gasteiger charge is -2.30. The zero-order chi connectivity index (χ0) is 22.1. The number of amides is 3. The van der Waals surface area contributed by atoms with Gasteiger partial charge in [0.15, 0.2) is 0 Å². The molecule has 1 aliphatic heterocycles. The summed E-state index contributed by atoms with van der Waals surface area (Å²) >= 11 is 1.65. The van der Waals surface area contributed by atoms with Gasteiger partial charge in [-0.1, -0.05) is 0 Å². The Labute approximate surface area is 187 Å². The molecule has 0 atom stereocenters. The Morgan fingerprint density at radius 2 is 1.68 bits per heavy atom. The first-order chi connectivity index (χ1) is 15.1. The Kier molecular flexibility index (Phi) is 8.61. The maximum Gasteiger partial charge on any atom is 0.323 e. The second-order valence-corrected chi connectivity index (χ2v) is 8.22. The van der Waals surface area contributed by atoms with Gasteiger partial charge in [-0.2, -0.15) is 0 Å². The fourth-order valence-corrected chi connectivity index (χ4v) is 3.94. The molecule has 1 aliphatic rings. The number of nitrogens with zero attached hydrogens (tertiary/aromatic N) is 1. The molecule has 0 saturated carbocycles. The van der Waals surface area contributed by atoms with E-state index in [1.165, 1.54) is 6.42 Å². The van der Waals surface area contributed by atoms with Crippen LogP contribution in [0.25, 0.3) is 0 Å². The molecule has 2 aromatic carbocycles. The van der Waals surface area contributed by atoms with E-state index >= 15 is 0 Å². The quantitative estimate of drug-likeness (QED) is 0.416. The molecule has 0 radical (unpaired) electrons. The number of rotatable bonds is 8. The van der Waals surface area contributed by atoms with Crippen molar-refractivity contribution in [2.45, 2.75) is 24.2 Å². The van der Waals surface area contributed by atoms with Crippen LogP contribution in [-0.4, -0.2) is 51.5 Å². The van der Waals surface area contributed by atoms with Crippen LogP contribution in [0.1, 0.15) is 29.6 Å². The van der Waals surface area contributed by atoms with Crippen LogP contribution in [0.4, 0.5) is 21.9 Å². The van der Waals surface area contributed by atoms with Crippen molar-refractivity contribution in [2.75, 3.05) is 55.1 Å². The number of methoxy groups -OCH3 is 1. The van der Waals surface area contributed by atoms with Crippen LogP contribution in [0, 0.1) is 0 Å². The Balaban J connectivity index is 1.73. The largest absolute Gasteiger partial charge is 0.383 e. The molecule has 3 amide bonds. The zero-order valence-electron chi connectivity index (χ0n) is 18.1. The summed E-state index contributed by atoms with van der Waals surface area (Å²) in [5.41, 5.74) is 2.72. The molecule has 0 bridgehead atoms. The lowest BCUT2D eigenvalue weighted by molar-refractivity contribution is 0.0937. The molecule has 166 valence electrons. The molecule has 1 saturated heterocycles. The van der Waals surface area contributed by atoms with Crippen LogP contribution in [-0.2, 0) is 4.74 Å². The number of carbonyl (C=O) groups excluding carboxylic acids is 2. The molecule has 7 nitrogen and oxygen atoms in total. The van der Waals surface area contributed by atoms with Gasteiger partial charge in [0, 0.05) is 48.7 Å². The molecular formula is C23H30N4O3S. The summed E-state index contributed by atoms with van der Waals surface area (Å²) in [5, 5.41) is 8.55. The van der Waals surface area contributed by atoms with Crippen LogP contribution in [0.5, 0.6) is 0 Å². The molecule has 3 rings (SSSR count). The van der Waals surface area contributed by atoms with E-state index in [1.54, 1.807) is 24.9 Å². The zero-order valence-corrected chi connectivity index (χ0v) is 18.9. The van der Waals surface area contributed by atoms with E-state index in [2.05, 4.69) is 20.9 Å². The number of ether oxygens (including phenoxy) is 1. The minimum atomic E-state index is -0.353. The average molecular weight is 443 g/mol. The summed E-state index contributed by atoms with van der Waals surface area (Å²) in [4.78, 5) is 28.7. The van der Waals surface area contributed by atoms with Crippen LogP contribution < -0.4 is 20.9 Å². The second kappa shape index (κ2) is 11.6. The SMILES string of the molecule is COCCNC(=O)c1cc(NC(=O)Nc2ccc(SC)cc2)ccc1N1CCCCC1. The summed E-state index contributed by atoms with van der Waals surface area (Å²) in [6, 6.07) is 12.8. The van der Waals surface area contributed by atoms with Gasteiger partial charge in [-0.3, -0.25) is 4.79 Å². The van der Waals surface area contributed by atoms with Crippen molar-refractivity contribution in [1.29, 1.82) is 0 Å². The molecule has 8 heteroatoms. The van der Waals surface area contributed by atoms with Crippen molar-refractivity contribution in [3.05, 3.63) is 48.0 Å². The maximum absolute atomic E-state index is 12.8. The Hall–Kier alpha value is -2.71. The lowest BCUT2D eigenvalue weighted by Crippen LogP contribution is -2.33. The van der Waals surface area contributed by atoms with Gasteiger partial charge in [-0.15, -0.1) is 11.8 Å². The number of carbonyl (C=O) groups is 2. The summed E-state index contributed by atoms with van der Waals surface area (Å²) in [7, 11) is 1.60. The fraction of sp³-hybridized carbons (Fsp3) is 0.391. The minimum Gasteiger partial charge on any atom is -0.383 e. The third kappa shape index (κ3) is 6.63. The smallest absolute Gasteiger partial charge is 0.323 e. The van der Waals surface area contributed by atoms with E-state index in [1.807, 2.05) is 42.7 Å². The van der Waals surface area contributed by atoms with Crippen LogP contribution in [0.3, 0.4) is 0 Å². The van der Waals surface area contributed by atoms with Gasteiger partial charge < -0.3 is 25.6 Å². The van der Waals surface area contributed by atoms with Gasteiger partial charge in [0.05, 0.1) is 12.2 Å². The number of anilines is 3. The Morgan fingerprint density at radius 3 is 2.35 bits per heavy atom. The molecule has 0 spiro atoms. The highest BCUT2D eigenvalue weighted by atomic mass is 32.2. The number of urea groups is 1. The highest BCUT2D eigenvalue weighted by Crippen LogP contribution is 2.27. The van der Waals surface area contributed by atoms with Gasteiger partial charge in [0.25, 0.3) is 5.91 Å². The van der Waals surface area contributed by atoms with Crippen LogP contribution in [0.2, 0.25) is 0 Å². The first-order valence-electron chi connectivity index (χ1n) is 10.5. The number of benzene rings is 2. The molecule has 1 heterocycles. The monoisotopic (exact) mass is 442 g/mol. The standard InChI is InChI=1S/C23H30N4O3S/c1-30-15-12-24-22(28)20-16-18(8-11-21(20)27-13-4-3-5-14-27)26-23(29)25-17-6-9-19(31-2)10-7-17/h6-11,16H,3-5,12-15H2,1-2H3,(H,24,28)(H2,25,26,29). The molecule has 0 unspecified atom stereocenters. The van der Waals surface area contributed by atoms with Gasteiger partial charge in [-0.25, -0.2) is 4.79 Å². The van der Waals surface area contributed by atoms with Gasteiger partial charge in [-0.05, 0) is 68.0 Å². The number of hydrogen-bond acceptors (Lipinski definition) is 5. The predicted molar refractivity (Wildman–Crippen MR) is 128 cm³/mol. The van der Waals surface area contributed by atoms with Crippen molar-refractivity contribution in [2.24, 2.45) is 0 Å². The van der Waals surface area contributed by atoms with Crippen LogP contribution >= 0.6 is 11.8 Å². The van der Waals surface area contributed by atoms with Crippen molar-refractivity contribution >= 4 is 40.8 Å². The number of hydrogen-bond donors (Lipinski definition) is 3. The van der Waals surface area contributed by atoms with E-state index in [0.717, 1.165) is 36.5 Å². The summed E-state index contributed by atoms with van der Waals surface area (Å²) in [6.07, 6.45) is 5.44. The molecule has 2 aromatic rings. The van der Waals surface area contributed by atoms with Crippen molar-refractivity contribution in [1.82, 2.24) is 5.32 Å². The summed E-state index contributed by atoms with van der Waals surface area (Å²) in [6.45, 7) is 2.73. The van der Waals surface area contributed by atoms with E-state index in [4.69, 9.17) is 4.74 Å². The fourth-order valence-electron chi connectivity index (χ4n) is 3.54. The molecule has 1 fully saturated rings. The normalized spacial score (nSPS) is 13.5. The molecule has 0 aliphatic carbocycles. The van der Waals surface area contributed by atoms with E-state index in [-0.39, 0.29) is 11.9 Å². The highest BCUT2D eigenvalue weighted by Gasteiger charge is 2.19. The third-order valence-electron chi connectivity index (χ3n) is 5.14. The lowest BCUT2D eigenvalue weighted by atomic mass is 10.1. The van der Waals surface area contributed by atoms with Crippen molar-refractivity contribution < 1.29 is 14.3 Å². The number of thioether (sulfide) groups is 1. The van der Waals surface area contributed by atoms with E-state index < -0.39 is 0 Å². The third-order valence-corrected chi connectivity index (χ3v) is 5.88. The minimum absolute atomic E-state index is 0.172. The number of piperidine rings is 1. The second-order valence-electron chi connectivity index (χ2n) is 7.34. The average Bonchev–Trinajstić information content (AvgIpc) is 2.80. The first-order valence-corrected chi connectivity index (χ1v) is 11.7. The topological polar surface area (TPSA) is 82.7 Å². The van der Waals surface area contributed by atoms with Crippen LogP contribution in [0.15, 0.2) is 47.4 Å². The van der Waals surface area contributed by atoms with Crippen molar-refractivity contribution in [3.63, 3.8) is 0 Å². The van der Waals surface area contributed by atoms with E-state index in [0.29, 0.717) is 30.1 Å². The van der Waals surface area contributed by atoms with Gasteiger partial charge >= 0.3 is 6.03 Å². The number of nitrogens with one attached hydrogen (secondary N) is 3. The summed E-state index contributed by atoms with van der Waals surface area (Å²) < 4.78 is 5.03. The Bertz CT molecular complexity index is 883. The highest BCUT2D eigenvalue weighted by molar-refractivity contribution is 7.98. The molecule has 3 N–H and O–H groups in total. The van der Waals surface area contributed by atoms with Gasteiger partial charge in [0.1, 0.15) is 0 Å². The molecule has 31 heavy (non-hydrogen) atoms. The van der Waals surface area contributed by atoms with Crippen molar-refractivity contribution in [3.8, 4) is 0 Å². The first kappa shape index (κ1) is 23.0. The predicted octanol–water partition coefficient (Wildman–Crippen LogP) is 4.42. The maximum atomic E-state index is 12.8. The van der Waals surface area contributed by atoms with Gasteiger partial charge in [0.2, 0.25) is 0 Å². The summed E-state index contributed by atoms with van der Waals surface area (Å²) in [5.74, 6) is -0.172. The van der Waals surface area contributed by atoms with E-state index in [9.17, 15) is 9.59 Å².